The predicted molar refractivity (Wildman–Crippen MR) is 146 cm³/mol. The van der Waals surface area contributed by atoms with Gasteiger partial charge >= 0.3 is 5.97 Å². The number of carbonyl (C=O) groups excluding carboxylic acids is 1. The van der Waals surface area contributed by atoms with Crippen molar-refractivity contribution in [2.45, 2.75) is 51.0 Å². The zero-order valence-electron chi connectivity index (χ0n) is 21.8. The molecule has 38 heavy (non-hydrogen) atoms. The van der Waals surface area contributed by atoms with Gasteiger partial charge in [-0.1, -0.05) is 55.3 Å². The number of unbranched alkanes of at least 4 members (excludes halogenated alkanes) is 3. The summed E-state index contributed by atoms with van der Waals surface area (Å²) in [5.74, 6) is 0.343. The molecule has 1 fully saturated rings. The molecular formula is C30H34N4O4. The number of anilines is 1. The molecule has 1 saturated heterocycles. The Bertz CT molecular complexity index is 1340. The number of aliphatic hydroxyl groups is 1. The zero-order chi connectivity index (χ0) is 26.4. The SMILES string of the molecule is CCCCCCOc1ccc(C2(O)CCN(c3ccc(C(=O)On4nnc5ccccc54)cc3)CC2)cc1. The highest BCUT2D eigenvalue weighted by Gasteiger charge is 2.34. The van der Waals surface area contributed by atoms with Gasteiger partial charge in [-0.2, -0.15) is 0 Å². The third-order valence-electron chi connectivity index (χ3n) is 7.21. The Morgan fingerprint density at radius 2 is 1.68 bits per heavy atom. The van der Waals surface area contributed by atoms with E-state index < -0.39 is 11.6 Å². The van der Waals surface area contributed by atoms with E-state index in [-0.39, 0.29) is 0 Å². The number of nitrogens with zero attached hydrogens (tertiary/aromatic N) is 4. The van der Waals surface area contributed by atoms with E-state index in [1.165, 1.54) is 19.3 Å². The van der Waals surface area contributed by atoms with Crippen LogP contribution >= 0.6 is 0 Å². The molecule has 0 radical (unpaired) electrons. The van der Waals surface area contributed by atoms with Crippen molar-refractivity contribution in [1.82, 2.24) is 15.2 Å². The molecule has 0 amide bonds. The second kappa shape index (κ2) is 11.6. The lowest BCUT2D eigenvalue weighted by Gasteiger charge is -2.39. The van der Waals surface area contributed by atoms with E-state index in [1.807, 2.05) is 48.5 Å². The van der Waals surface area contributed by atoms with Crippen LogP contribution in [0, 0.1) is 0 Å². The summed E-state index contributed by atoms with van der Waals surface area (Å²) in [5.41, 5.74) is 2.77. The smallest absolute Gasteiger partial charge is 0.365 e. The number of ether oxygens (including phenoxy) is 1. The third-order valence-corrected chi connectivity index (χ3v) is 7.21. The molecule has 1 aliphatic heterocycles. The number of rotatable bonds is 10. The first-order valence-corrected chi connectivity index (χ1v) is 13.4. The quantitative estimate of drug-likeness (QED) is 0.231. The molecule has 8 nitrogen and oxygen atoms in total. The highest BCUT2D eigenvalue weighted by atomic mass is 16.7. The van der Waals surface area contributed by atoms with Gasteiger partial charge < -0.3 is 19.6 Å². The van der Waals surface area contributed by atoms with Crippen molar-refractivity contribution in [1.29, 1.82) is 0 Å². The van der Waals surface area contributed by atoms with Gasteiger partial charge in [0.15, 0.2) is 0 Å². The van der Waals surface area contributed by atoms with E-state index in [4.69, 9.17) is 9.57 Å². The van der Waals surface area contributed by atoms with E-state index in [1.54, 1.807) is 24.3 Å². The minimum Gasteiger partial charge on any atom is -0.494 e. The maximum atomic E-state index is 12.6. The lowest BCUT2D eigenvalue weighted by molar-refractivity contribution is 0.0117. The van der Waals surface area contributed by atoms with Crippen molar-refractivity contribution in [3.05, 3.63) is 83.9 Å². The molecule has 1 aromatic heterocycles. The molecule has 3 aromatic carbocycles. The number of benzene rings is 3. The number of para-hydroxylation sites is 1. The standard InChI is InChI=1S/C30H34N4O4/c1-2-3-4-7-22-37-26-16-12-24(13-17-26)30(36)18-20-33(21-19-30)25-14-10-23(11-15-25)29(35)38-34-28-9-6-5-8-27(28)31-32-34/h5-6,8-17,36H,2-4,7,18-22H2,1H3. The van der Waals surface area contributed by atoms with E-state index in [2.05, 4.69) is 22.1 Å². The maximum absolute atomic E-state index is 12.6. The van der Waals surface area contributed by atoms with Gasteiger partial charge in [0.25, 0.3) is 0 Å². The van der Waals surface area contributed by atoms with Crippen molar-refractivity contribution in [3.8, 4) is 5.75 Å². The molecule has 0 unspecified atom stereocenters. The van der Waals surface area contributed by atoms with Gasteiger partial charge in [-0.3, -0.25) is 0 Å². The fourth-order valence-corrected chi connectivity index (χ4v) is 4.86. The summed E-state index contributed by atoms with van der Waals surface area (Å²) >= 11 is 0. The second-order valence-corrected chi connectivity index (χ2v) is 9.83. The summed E-state index contributed by atoms with van der Waals surface area (Å²) < 4.78 is 5.85. The van der Waals surface area contributed by atoms with Gasteiger partial charge in [-0.25, -0.2) is 4.79 Å². The summed E-state index contributed by atoms with van der Waals surface area (Å²) in [7, 11) is 0. The second-order valence-electron chi connectivity index (χ2n) is 9.83. The third kappa shape index (κ3) is 5.81. The van der Waals surface area contributed by atoms with Gasteiger partial charge in [0, 0.05) is 18.8 Å². The fourth-order valence-electron chi connectivity index (χ4n) is 4.86. The van der Waals surface area contributed by atoms with Crippen LogP contribution in [-0.2, 0) is 5.60 Å². The van der Waals surface area contributed by atoms with E-state index in [9.17, 15) is 9.90 Å². The molecule has 1 N–H and O–H groups in total. The highest BCUT2D eigenvalue weighted by Crippen LogP contribution is 2.35. The Morgan fingerprint density at radius 3 is 2.42 bits per heavy atom. The Labute approximate surface area is 222 Å². The Hall–Kier alpha value is -3.91. The minimum atomic E-state index is -0.861. The summed E-state index contributed by atoms with van der Waals surface area (Å²) in [4.78, 5) is 21.4. The zero-order valence-corrected chi connectivity index (χ0v) is 21.8. The van der Waals surface area contributed by atoms with Gasteiger partial charge in [0.2, 0.25) is 0 Å². The maximum Gasteiger partial charge on any atom is 0.365 e. The van der Waals surface area contributed by atoms with Crippen molar-refractivity contribution < 1.29 is 19.5 Å². The number of piperidine rings is 1. The van der Waals surface area contributed by atoms with Crippen LogP contribution in [-0.4, -0.2) is 45.9 Å². The molecule has 198 valence electrons. The predicted octanol–water partition coefficient (Wildman–Crippen LogP) is 5.15. The minimum absolute atomic E-state index is 0.425. The van der Waals surface area contributed by atoms with Gasteiger partial charge in [0.05, 0.1) is 17.8 Å². The van der Waals surface area contributed by atoms with Crippen molar-refractivity contribution >= 4 is 22.7 Å². The molecule has 0 aliphatic carbocycles. The molecule has 0 saturated carbocycles. The van der Waals surface area contributed by atoms with Crippen LogP contribution in [0.3, 0.4) is 0 Å². The Kier molecular flexibility index (Phi) is 7.89. The van der Waals surface area contributed by atoms with Crippen LogP contribution in [0.2, 0.25) is 0 Å². The normalized spacial score (nSPS) is 14.9. The molecule has 1 aliphatic rings. The molecule has 0 bridgehead atoms. The first kappa shape index (κ1) is 25.7. The van der Waals surface area contributed by atoms with E-state index in [0.717, 1.165) is 34.9 Å². The molecule has 5 rings (SSSR count). The first-order valence-electron chi connectivity index (χ1n) is 13.4. The number of aromatic nitrogens is 3. The lowest BCUT2D eigenvalue weighted by atomic mass is 9.84. The van der Waals surface area contributed by atoms with Gasteiger partial charge in [0.1, 0.15) is 16.8 Å². The fraction of sp³-hybridized carbons (Fsp3) is 0.367. The van der Waals surface area contributed by atoms with Crippen LogP contribution in [0.25, 0.3) is 11.0 Å². The molecular weight excluding hydrogens is 480 g/mol. The van der Waals surface area contributed by atoms with Crippen LogP contribution in [0.15, 0.2) is 72.8 Å². The van der Waals surface area contributed by atoms with Crippen molar-refractivity contribution in [2.75, 3.05) is 24.6 Å². The molecule has 0 atom stereocenters. The summed E-state index contributed by atoms with van der Waals surface area (Å²) in [6.07, 6.45) is 5.95. The van der Waals surface area contributed by atoms with Crippen molar-refractivity contribution in [2.24, 2.45) is 0 Å². The summed E-state index contributed by atoms with van der Waals surface area (Å²) in [5, 5.41) is 19.2. The number of fused-ring (bicyclic) bond motifs is 1. The first-order chi connectivity index (χ1) is 18.6. The largest absolute Gasteiger partial charge is 0.494 e. The molecule has 2 heterocycles. The molecule has 4 aromatic rings. The number of hydrogen-bond acceptors (Lipinski definition) is 7. The average Bonchev–Trinajstić information content (AvgIpc) is 3.36. The monoisotopic (exact) mass is 514 g/mol. The van der Waals surface area contributed by atoms with E-state index >= 15 is 0 Å². The Balaban J connectivity index is 1.14. The van der Waals surface area contributed by atoms with Gasteiger partial charge in [-0.05, 0) is 78.6 Å². The number of carbonyl (C=O) groups is 1. The average molecular weight is 515 g/mol. The van der Waals surface area contributed by atoms with Crippen LogP contribution in [0.1, 0.15) is 61.4 Å². The van der Waals surface area contributed by atoms with Crippen LogP contribution in [0.4, 0.5) is 5.69 Å². The molecule has 0 spiro atoms. The topological polar surface area (TPSA) is 89.7 Å². The van der Waals surface area contributed by atoms with Crippen molar-refractivity contribution in [3.63, 3.8) is 0 Å². The highest BCUT2D eigenvalue weighted by molar-refractivity contribution is 5.90. The number of hydrogen-bond donors (Lipinski definition) is 1. The Morgan fingerprint density at radius 1 is 0.947 bits per heavy atom. The van der Waals surface area contributed by atoms with E-state index in [0.29, 0.717) is 42.5 Å². The molecule has 8 heteroatoms. The van der Waals surface area contributed by atoms with Crippen LogP contribution in [0.5, 0.6) is 5.75 Å². The summed E-state index contributed by atoms with van der Waals surface area (Å²) in [6, 6.07) is 22.5. The van der Waals surface area contributed by atoms with Crippen LogP contribution < -0.4 is 14.5 Å². The summed E-state index contributed by atoms with van der Waals surface area (Å²) in [6.45, 7) is 4.35. The van der Waals surface area contributed by atoms with Gasteiger partial charge in [-0.15, -0.1) is 5.10 Å². The lowest BCUT2D eigenvalue weighted by Crippen LogP contribution is -2.42.